The molecule has 0 amide bonds. The third kappa shape index (κ3) is 2.95. The molecule has 2 aliphatic rings. The van der Waals surface area contributed by atoms with E-state index >= 15 is 0 Å². The van der Waals surface area contributed by atoms with Crippen molar-refractivity contribution in [3.05, 3.63) is 11.6 Å². The first-order valence-corrected chi connectivity index (χ1v) is 7.95. The summed E-state index contributed by atoms with van der Waals surface area (Å²) in [6.45, 7) is 6.32. The van der Waals surface area contributed by atoms with Gasteiger partial charge < -0.3 is 5.11 Å². The van der Waals surface area contributed by atoms with Gasteiger partial charge in [-0.15, -0.1) is 0 Å². The molecule has 1 saturated heterocycles. The Morgan fingerprint density at radius 2 is 2.19 bits per heavy atom. The van der Waals surface area contributed by atoms with Crippen molar-refractivity contribution in [2.75, 3.05) is 6.54 Å². The van der Waals surface area contributed by atoms with Crippen LogP contribution in [-0.4, -0.2) is 49.4 Å². The van der Waals surface area contributed by atoms with Crippen LogP contribution >= 0.6 is 0 Å². The van der Waals surface area contributed by atoms with Gasteiger partial charge in [-0.2, -0.15) is 5.10 Å². The van der Waals surface area contributed by atoms with Crippen molar-refractivity contribution >= 4 is 5.97 Å². The minimum absolute atomic E-state index is 0.298. The summed E-state index contributed by atoms with van der Waals surface area (Å²) < 4.78 is 1.91. The predicted octanol–water partition coefficient (Wildman–Crippen LogP) is 1.34. The van der Waals surface area contributed by atoms with Crippen molar-refractivity contribution < 1.29 is 9.90 Å². The molecule has 1 aromatic rings. The van der Waals surface area contributed by atoms with Crippen LogP contribution in [0.5, 0.6) is 0 Å². The average molecular weight is 292 g/mol. The van der Waals surface area contributed by atoms with E-state index in [2.05, 4.69) is 28.8 Å². The molecule has 0 spiro atoms. The zero-order chi connectivity index (χ0) is 15.0. The van der Waals surface area contributed by atoms with Crippen molar-refractivity contribution in [3.8, 4) is 0 Å². The van der Waals surface area contributed by atoms with Crippen molar-refractivity contribution in [1.82, 2.24) is 19.7 Å². The van der Waals surface area contributed by atoms with Crippen LogP contribution in [0.3, 0.4) is 0 Å². The number of fused-ring (bicyclic) bond motifs is 1. The Bertz CT molecular complexity index is 526. The lowest BCUT2D eigenvalue weighted by atomic mass is 9.98. The summed E-state index contributed by atoms with van der Waals surface area (Å²) in [5.41, 5.74) is 0. The van der Waals surface area contributed by atoms with Gasteiger partial charge in [0.05, 0.1) is 5.92 Å². The number of aromatic nitrogens is 3. The second-order valence-corrected chi connectivity index (χ2v) is 6.53. The fourth-order valence-electron chi connectivity index (χ4n) is 3.62. The van der Waals surface area contributed by atoms with Crippen molar-refractivity contribution in [2.24, 2.45) is 5.92 Å². The van der Waals surface area contributed by atoms with Crippen molar-refractivity contribution in [2.45, 2.75) is 64.6 Å². The van der Waals surface area contributed by atoms with E-state index in [-0.39, 0.29) is 5.92 Å². The van der Waals surface area contributed by atoms with Gasteiger partial charge in [-0.25, -0.2) is 9.67 Å². The number of hydrogen-bond acceptors (Lipinski definition) is 4. The van der Waals surface area contributed by atoms with E-state index in [9.17, 15) is 4.79 Å². The van der Waals surface area contributed by atoms with Crippen LogP contribution in [0, 0.1) is 5.92 Å². The molecule has 1 N–H and O–H groups in total. The first-order valence-electron chi connectivity index (χ1n) is 7.95. The normalized spacial score (nSPS) is 26.2. The highest BCUT2D eigenvalue weighted by Gasteiger charge is 2.30. The number of carboxylic acid groups (broad SMARTS) is 1. The summed E-state index contributed by atoms with van der Waals surface area (Å²) in [6.07, 6.45) is 4.51. The maximum absolute atomic E-state index is 11.1. The van der Waals surface area contributed by atoms with E-state index in [0.717, 1.165) is 24.6 Å². The molecule has 6 nitrogen and oxygen atoms in total. The van der Waals surface area contributed by atoms with Gasteiger partial charge in [0.15, 0.2) is 5.82 Å². The van der Waals surface area contributed by atoms with Crippen LogP contribution in [0.1, 0.15) is 44.8 Å². The number of nitrogens with zero attached hydrogens (tertiary/aromatic N) is 4. The third-order valence-electron chi connectivity index (χ3n) is 4.76. The fraction of sp³-hybridized carbons (Fsp3) is 0.800. The van der Waals surface area contributed by atoms with Crippen LogP contribution in [0.4, 0.5) is 0 Å². The largest absolute Gasteiger partial charge is 0.481 e. The summed E-state index contributed by atoms with van der Waals surface area (Å²) in [6, 6.07) is 1.09. The van der Waals surface area contributed by atoms with Gasteiger partial charge in [-0.05, 0) is 39.7 Å². The predicted molar refractivity (Wildman–Crippen MR) is 78.0 cm³/mol. The highest BCUT2D eigenvalue weighted by Crippen LogP contribution is 2.24. The zero-order valence-corrected chi connectivity index (χ0v) is 12.8. The molecule has 3 heterocycles. The zero-order valence-electron chi connectivity index (χ0n) is 12.8. The molecule has 2 atom stereocenters. The van der Waals surface area contributed by atoms with Gasteiger partial charge in [0, 0.05) is 31.5 Å². The quantitative estimate of drug-likeness (QED) is 0.907. The van der Waals surface area contributed by atoms with Gasteiger partial charge in [0.25, 0.3) is 0 Å². The monoisotopic (exact) mass is 292 g/mol. The highest BCUT2D eigenvalue weighted by molar-refractivity contribution is 5.70. The van der Waals surface area contributed by atoms with E-state index in [1.54, 1.807) is 0 Å². The molecule has 0 bridgehead atoms. The molecule has 116 valence electrons. The second kappa shape index (κ2) is 5.75. The van der Waals surface area contributed by atoms with E-state index in [0.29, 0.717) is 31.5 Å². The smallest absolute Gasteiger partial charge is 0.307 e. The number of aliphatic carboxylic acids is 1. The summed E-state index contributed by atoms with van der Waals surface area (Å²) in [4.78, 5) is 18.2. The second-order valence-electron chi connectivity index (χ2n) is 6.53. The topological polar surface area (TPSA) is 71.2 Å². The Balaban J connectivity index is 1.69. The third-order valence-corrected chi connectivity index (χ3v) is 4.76. The summed E-state index contributed by atoms with van der Waals surface area (Å²) >= 11 is 0. The first-order chi connectivity index (χ1) is 10.0. The number of rotatable bonds is 4. The lowest BCUT2D eigenvalue weighted by molar-refractivity contribution is -0.142. The molecule has 2 aliphatic heterocycles. The maximum atomic E-state index is 11.1. The lowest BCUT2D eigenvalue weighted by Gasteiger charge is -2.27. The molecule has 0 saturated carbocycles. The van der Waals surface area contributed by atoms with E-state index < -0.39 is 5.97 Å². The molecule has 2 unspecified atom stereocenters. The van der Waals surface area contributed by atoms with Crippen LogP contribution in [-0.2, 0) is 24.2 Å². The Morgan fingerprint density at radius 1 is 1.38 bits per heavy atom. The minimum atomic E-state index is -0.715. The molecule has 0 aromatic carbocycles. The van der Waals surface area contributed by atoms with Crippen molar-refractivity contribution in [3.63, 3.8) is 0 Å². The summed E-state index contributed by atoms with van der Waals surface area (Å²) in [5.74, 6) is 0.715. The average Bonchev–Trinajstić information content (AvgIpc) is 3.03. The van der Waals surface area contributed by atoms with Gasteiger partial charge in [0.1, 0.15) is 5.82 Å². The van der Waals surface area contributed by atoms with Gasteiger partial charge in [-0.3, -0.25) is 9.69 Å². The van der Waals surface area contributed by atoms with Gasteiger partial charge >= 0.3 is 5.97 Å². The number of carbonyl (C=O) groups is 1. The van der Waals surface area contributed by atoms with Gasteiger partial charge in [-0.1, -0.05) is 0 Å². The number of aryl methyl sites for hydroxylation is 1. The summed E-state index contributed by atoms with van der Waals surface area (Å²) in [7, 11) is 0. The first kappa shape index (κ1) is 14.5. The summed E-state index contributed by atoms with van der Waals surface area (Å²) in [5, 5.41) is 13.7. The number of likely N-dealkylation sites (tertiary alicyclic amines) is 1. The van der Waals surface area contributed by atoms with Crippen LogP contribution < -0.4 is 0 Å². The molecule has 0 radical (unpaired) electrons. The standard InChI is InChI=1S/C15H24N4O2/c1-10(2)18-6-3-4-12(18)9-13-16-14-8-11(15(20)21)5-7-19(14)17-13/h10-12H,3-9H2,1-2H3,(H,20,21). The van der Waals surface area contributed by atoms with E-state index in [1.807, 2.05) is 4.68 Å². The molecule has 3 rings (SSSR count). The molecule has 6 heteroatoms. The molecule has 1 fully saturated rings. The Hall–Kier alpha value is -1.43. The van der Waals surface area contributed by atoms with E-state index in [4.69, 9.17) is 5.11 Å². The van der Waals surface area contributed by atoms with Crippen LogP contribution in [0.15, 0.2) is 0 Å². The van der Waals surface area contributed by atoms with E-state index in [1.165, 1.54) is 12.8 Å². The lowest BCUT2D eigenvalue weighted by Crippen LogP contribution is -2.36. The Labute approximate surface area is 125 Å². The Morgan fingerprint density at radius 3 is 2.90 bits per heavy atom. The number of carboxylic acids is 1. The van der Waals surface area contributed by atoms with Crippen molar-refractivity contribution in [1.29, 1.82) is 0 Å². The number of hydrogen-bond donors (Lipinski definition) is 1. The fourth-order valence-corrected chi connectivity index (χ4v) is 3.62. The highest BCUT2D eigenvalue weighted by atomic mass is 16.4. The van der Waals surface area contributed by atoms with Crippen LogP contribution in [0.25, 0.3) is 0 Å². The molecule has 21 heavy (non-hydrogen) atoms. The molecule has 0 aliphatic carbocycles. The Kier molecular flexibility index (Phi) is 3.97. The molecule has 1 aromatic heterocycles. The molecular formula is C15H24N4O2. The molecular weight excluding hydrogens is 268 g/mol. The van der Waals surface area contributed by atoms with Crippen LogP contribution in [0.2, 0.25) is 0 Å². The SMILES string of the molecule is CC(C)N1CCCC1Cc1nc2n(n1)CCC(C(=O)O)C2. The minimum Gasteiger partial charge on any atom is -0.481 e. The van der Waals surface area contributed by atoms with Gasteiger partial charge in [0.2, 0.25) is 0 Å². The maximum Gasteiger partial charge on any atom is 0.307 e.